The van der Waals surface area contributed by atoms with Crippen LogP contribution in [0.1, 0.15) is 13.3 Å². The summed E-state index contributed by atoms with van der Waals surface area (Å²) in [7, 11) is 2.94. The van der Waals surface area contributed by atoms with Gasteiger partial charge in [0.25, 0.3) is 5.56 Å². The molecule has 0 saturated carbocycles. The minimum Gasteiger partial charge on any atom is -0.468 e. The molecule has 138 valence electrons. The summed E-state index contributed by atoms with van der Waals surface area (Å²) in [5.74, 6) is -0.330. The van der Waals surface area contributed by atoms with Gasteiger partial charge in [-0.1, -0.05) is 36.9 Å². The van der Waals surface area contributed by atoms with E-state index in [9.17, 15) is 9.59 Å². The van der Waals surface area contributed by atoms with Gasteiger partial charge in [0.05, 0.1) is 20.3 Å². The van der Waals surface area contributed by atoms with Crippen molar-refractivity contribution in [2.45, 2.75) is 30.3 Å². The first-order valence-corrected chi connectivity index (χ1v) is 9.23. The SMILES string of the molecule is CCC(Sc1nc2c([nH]c3ccccc32)c(=O)n1CCOC)C(=O)OC. The van der Waals surface area contributed by atoms with Gasteiger partial charge >= 0.3 is 5.97 Å². The number of rotatable bonds is 7. The number of nitrogens with one attached hydrogen (secondary N) is 1. The van der Waals surface area contributed by atoms with Crippen LogP contribution in [0.3, 0.4) is 0 Å². The molecule has 0 aliphatic rings. The molecule has 26 heavy (non-hydrogen) atoms. The first-order chi connectivity index (χ1) is 12.6. The third kappa shape index (κ3) is 3.34. The van der Waals surface area contributed by atoms with Crippen LogP contribution in [-0.2, 0) is 20.8 Å². The van der Waals surface area contributed by atoms with Gasteiger partial charge in [-0.2, -0.15) is 0 Å². The Hall–Kier alpha value is -2.32. The number of benzene rings is 1. The number of aromatic nitrogens is 3. The number of nitrogens with zero attached hydrogens (tertiary/aromatic N) is 2. The maximum atomic E-state index is 13.0. The van der Waals surface area contributed by atoms with Crippen molar-refractivity contribution < 1.29 is 14.3 Å². The molecule has 0 aliphatic carbocycles. The molecule has 0 spiro atoms. The molecule has 0 bridgehead atoms. The van der Waals surface area contributed by atoms with Gasteiger partial charge in [0, 0.05) is 18.0 Å². The van der Waals surface area contributed by atoms with E-state index in [1.54, 1.807) is 11.7 Å². The number of carbonyl (C=O) groups excluding carboxylic acids is 1. The van der Waals surface area contributed by atoms with Crippen LogP contribution in [0.25, 0.3) is 21.9 Å². The van der Waals surface area contributed by atoms with Crippen LogP contribution in [0.4, 0.5) is 0 Å². The molecule has 0 radical (unpaired) electrons. The predicted molar refractivity (Wildman–Crippen MR) is 102 cm³/mol. The van der Waals surface area contributed by atoms with E-state index >= 15 is 0 Å². The Balaban J connectivity index is 2.19. The number of para-hydroxylation sites is 1. The van der Waals surface area contributed by atoms with Crippen molar-refractivity contribution in [2.75, 3.05) is 20.8 Å². The lowest BCUT2D eigenvalue weighted by molar-refractivity contribution is -0.140. The lowest BCUT2D eigenvalue weighted by Crippen LogP contribution is -2.27. The second-order valence-electron chi connectivity index (χ2n) is 5.78. The van der Waals surface area contributed by atoms with Gasteiger partial charge in [-0.25, -0.2) is 4.98 Å². The summed E-state index contributed by atoms with van der Waals surface area (Å²) in [5.41, 5.74) is 1.75. The highest BCUT2D eigenvalue weighted by molar-refractivity contribution is 8.00. The Labute approximate surface area is 154 Å². The average Bonchev–Trinajstić information content (AvgIpc) is 3.04. The van der Waals surface area contributed by atoms with E-state index in [-0.39, 0.29) is 11.5 Å². The Morgan fingerprint density at radius 1 is 1.35 bits per heavy atom. The lowest BCUT2D eigenvalue weighted by Gasteiger charge is -2.15. The molecule has 1 N–H and O–H groups in total. The van der Waals surface area contributed by atoms with Crippen molar-refractivity contribution in [1.82, 2.24) is 14.5 Å². The zero-order valence-corrected chi connectivity index (χ0v) is 15.8. The average molecular weight is 375 g/mol. The first kappa shape index (κ1) is 18.5. The van der Waals surface area contributed by atoms with Crippen molar-refractivity contribution in [3.05, 3.63) is 34.6 Å². The number of fused-ring (bicyclic) bond motifs is 3. The molecule has 1 aromatic carbocycles. The Morgan fingerprint density at radius 3 is 2.81 bits per heavy atom. The molecule has 3 rings (SSSR count). The third-order valence-electron chi connectivity index (χ3n) is 4.18. The monoisotopic (exact) mass is 375 g/mol. The summed E-state index contributed by atoms with van der Waals surface area (Å²) >= 11 is 1.25. The number of hydrogen-bond acceptors (Lipinski definition) is 6. The van der Waals surface area contributed by atoms with Gasteiger partial charge in [-0.3, -0.25) is 14.2 Å². The molecular formula is C18H21N3O4S. The molecule has 8 heteroatoms. The maximum Gasteiger partial charge on any atom is 0.319 e. The molecule has 2 aromatic heterocycles. The predicted octanol–water partition coefficient (Wildman–Crippen LogP) is 2.57. The van der Waals surface area contributed by atoms with Crippen LogP contribution in [-0.4, -0.2) is 46.6 Å². The zero-order valence-electron chi connectivity index (χ0n) is 14.9. The lowest BCUT2D eigenvalue weighted by atomic mass is 10.2. The van der Waals surface area contributed by atoms with Crippen molar-refractivity contribution >= 4 is 39.7 Å². The number of aromatic amines is 1. The minimum atomic E-state index is -0.427. The number of hydrogen-bond donors (Lipinski definition) is 1. The summed E-state index contributed by atoms with van der Waals surface area (Å²) in [6, 6.07) is 7.64. The highest BCUT2D eigenvalue weighted by Gasteiger charge is 2.23. The highest BCUT2D eigenvalue weighted by atomic mass is 32.2. The maximum absolute atomic E-state index is 13.0. The molecule has 3 aromatic rings. The summed E-state index contributed by atoms with van der Waals surface area (Å²) in [6.45, 7) is 2.62. The number of ether oxygens (including phenoxy) is 2. The van der Waals surface area contributed by atoms with Crippen LogP contribution < -0.4 is 5.56 Å². The van der Waals surface area contributed by atoms with Crippen molar-refractivity contribution in [3.8, 4) is 0 Å². The minimum absolute atomic E-state index is 0.175. The van der Waals surface area contributed by atoms with Gasteiger partial charge in [-0.05, 0) is 12.5 Å². The van der Waals surface area contributed by atoms with Gasteiger partial charge in [-0.15, -0.1) is 0 Å². The van der Waals surface area contributed by atoms with Gasteiger partial charge in [0.1, 0.15) is 16.3 Å². The fraction of sp³-hybridized carbons (Fsp3) is 0.389. The van der Waals surface area contributed by atoms with Crippen LogP contribution >= 0.6 is 11.8 Å². The molecule has 1 atom stereocenters. The molecule has 0 aliphatic heterocycles. The van der Waals surface area contributed by atoms with Crippen LogP contribution in [0.2, 0.25) is 0 Å². The van der Waals surface area contributed by atoms with Crippen molar-refractivity contribution in [2.24, 2.45) is 0 Å². The second kappa shape index (κ2) is 7.92. The van der Waals surface area contributed by atoms with E-state index in [0.29, 0.717) is 35.8 Å². The molecule has 0 saturated heterocycles. The number of methoxy groups -OCH3 is 2. The normalized spacial score (nSPS) is 12.6. The fourth-order valence-electron chi connectivity index (χ4n) is 2.80. The third-order valence-corrected chi connectivity index (χ3v) is 5.51. The van der Waals surface area contributed by atoms with E-state index < -0.39 is 5.25 Å². The Morgan fingerprint density at radius 2 is 2.12 bits per heavy atom. The Kier molecular flexibility index (Phi) is 5.63. The number of H-pyrrole nitrogens is 1. The van der Waals surface area contributed by atoms with Crippen LogP contribution in [0, 0.1) is 0 Å². The second-order valence-corrected chi connectivity index (χ2v) is 6.95. The van der Waals surface area contributed by atoms with Crippen molar-refractivity contribution in [3.63, 3.8) is 0 Å². The number of esters is 1. The van der Waals surface area contributed by atoms with E-state index in [1.807, 2.05) is 31.2 Å². The highest BCUT2D eigenvalue weighted by Crippen LogP contribution is 2.28. The van der Waals surface area contributed by atoms with Crippen LogP contribution in [0.15, 0.2) is 34.2 Å². The summed E-state index contributed by atoms with van der Waals surface area (Å²) < 4.78 is 11.5. The topological polar surface area (TPSA) is 86.2 Å². The standard InChI is InChI=1S/C18H21N3O4S/c1-4-13(17(23)25-3)26-18-20-14-11-7-5-6-8-12(11)19-15(14)16(22)21(18)9-10-24-2/h5-8,13,19H,4,9-10H2,1-3H3. The molecule has 1 unspecified atom stereocenters. The van der Waals surface area contributed by atoms with E-state index in [2.05, 4.69) is 4.98 Å². The smallest absolute Gasteiger partial charge is 0.319 e. The van der Waals surface area contributed by atoms with Gasteiger partial charge in [0.2, 0.25) is 0 Å². The van der Waals surface area contributed by atoms with E-state index in [1.165, 1.54) is 18.9 Å². The molecular weight excluding hydrogens is 354 g/mol. The Bertz CT molecular complexity index is 995. The summed E-state index contributed by atoms with van der Waals surface area (Å²) in [5, 5.41) is 0.941. The quantitative estimate of drug-likeness (QED) is 0.388. The summed E-state index contributed by atoms with van der Waals surface area (Å²) in [4.78, 5) is 32.9. The largest absolute Gasteiger partial charge is 0.468 e. The molecule has 0 amide bonds. The molecule has 0 fully saturated rings. The molecule has 2 heterocycles. The van der Waals surface area contributed by atoms with Gasteiger partial charge < -0.3 is 14.5 Å². The molecule has 7 nitrogen and oxygen atoms in total. The first-order valence-electron chi connectivity index (χ1n) is 8.35. The van der Waals surface area contributed by atoms with Crippen LogP contribution in [0.5, 0.6) is 0 Å². The van der Waals surface area contributed by atoms with E-state index in [0.717, 1.165) is 10.9 Å². The summed E-state index contributed by atoms with van der Waals surface area (Å²) in [6.07, 6.45) is 0.573. The van der Waals surface area contributed by atoms with Gasteiger partial charge in [0.15, 0.2) is 5.16 Å². The number of thioether (sulfide) groups is 1. The zero-order chi connectivity index (χ0) is 18.7. The van der Waals surface area contributed by atoms with E-state index in [4.69, 9.17) is 14.5 Å². The van der Waals surface area contributed by atoms with Crippen molar-refractivity contribution in [1.29, 1.82) is 0 Å². The number of carbonyl (C=O) groups is 1. The fourth-order valence-corrected chi connectivity index (χ4v) is 3.86.